The molecule has 3 aromatic rings. The summed E-state index contributed by atoms with van der Waals surface area (Å²) < 4.78 is 6.07. The van der Waals surface area contributed by atoms with Crippen molar-refractivity contribution in [3.8, 4) is 11.5 Å². The van der Waals surface area contributed by atoms with Crippen molar-refractivity contribution in [3.05, 3.63) is 54.1 Å². The van der Waals surface area contributed by atoms with E-state index in [1.54, 1.807) is 18.2 Å². The van der Waals surface area contributed by atoms with Crippen LogP contribution in [0.5, 0.6) is 11.5 Å². The Hall–Kier alpha value is -3.21. The van der Waals surface area contributed by atoms with Crippen LogP contribution in [0.1, 0.15) is 49.9 Å². The average Bonchev–Trinajstić information content (AvgIpc) is 2.75. The molecule has 2 N–H and O–H groups in total. The number of unbranched alkanes of at least 4 members (excludes halogenated alkanes) is 2. The van der Waals surface area contributed by atoms with Gasteiger partial charge < -0.3 is 20.1 Å². The molecule has 0 radical (unpaired) electrons. The highest BCUT2D eigenvalue weighted by Gasteiger charge is 2.22. The van der Waals surface area contributed by atoms with E-state index < -0.39 is 5.97 Å². The minimum atomic E-state index is -0.976. The van der Waals surface area contributed by atoms with Crippen LogP contribution in [0.15, 0.2) is 48.5 Å². The number of carbonyl (C=O) groups is 1. The van der Waals surface area contributed by atoms with Crippen molar-refractivity contribution in [2.45, 2.75) is 39.5 Å². The normalized spacial score (nSPS) is 11.9. The van der Waals surface area contributed by atoms with E-state index in [0.717, 1.165) is 29.5 Å². The van der Waals surface area contributed by atoms with E-state index in [2.05, 4.69) is 42.3 Å². The van der Waals surface area contributed by atoms with Gasteiger partial charge in [0.15, 0.2) is 11.5 Å². The lowest BCUT2D eigenvalue weighted by atomic mass is 10.0. The molecule has 5 heteroatoms. The Labute approximate surface area is 177 Å². The minimum absolute atomic E-state index is 0.205. The number of para-hydroxylation sites is 1. The summed E-state index contributed by atoms with van der Waals surface area (Å²) in [6.45, 7) is 6.58. The fourth-order valence-electron chi connectivity index (χ4n) is 3.89. The molecule has 0 aliphatic carbocycles. The Balaban J connectivity index is 1.68. The first-order valence-corrected chi connectivity index (χ1v) is 10.7. The van der Waals surface area contributed by atoms with Crippen molar-refractivity contribution in [1.29, 1.82) is 0 Å². The number of ether oxygens (including phenoxy) is 1. The largest absolute Gasteiger partial charge is 0.478 e. The average molecular weight is 405 g/mol. The second kappa shape index (κ2) is 8.66. The van der Waals surface area contributed by atoms with Gasteiger partial charge in [-0.15, -0.1) is 0 Å². The van der Waals surface area contributed by atoms with E-state index in [4.69, 9.17) is 4.74 Å². The van der Waals surface area contributed by atoms with Gasteiger partial charge in [0.2, 0.25) is 0 Å². The lowest BCUT2D eigenvalue weighted by molar-refractivity contribution is 0.0697. The summed E-state index contributed by atoms with van der Waals surface area (Å²) in [6.07, 6.45) is 4.73. The van der Waals surface area contributed by atoms with Gasteiger partial charge >= 0.3 is 5.97 Å². The zero-order valence-electron chi connectivity index (χ0n) is 17.6. The smallest absolute Gasteiger partial charge is 0.337 e. The highest BCUT2D eigenvalue weighted by atomic mass is 16.5. The summed E-state index contributed by atoms with van der Waals surface area (Å²) in [4.78, 5) is 14.0. The first kappa shape index (κ1) is 20.1. The van der Waals surface area contributed by atoms with E-state index in [0.29, 0.717) is 17.2 Å². The first-order chi connectivity index (χ1) is 14.6. The van der Waals surface area contributed by atoms with E-state index >= 15 is 0 Å². The van der Waals surface area contributed by atoms with Gasteiger partial charge in [-0.2, -0.15) is 0 Å². The summed E-state index contributed by atoms with van der Waals surface area (Å²) in [5.41, 5.74) is 2.72. The zero-order valence-corrected chi connectivity index (χ0v) is 17.6. The lowest BCUT2D eigenvalue weighted by Crippen LogP contribution is -2.25. The van der Waals surface area contributed by atoms with Gasteiger partial charge in [-0.3, -0.25) is 0 Å². The van der Waals surface area contributed by atoms with Crippen LogP contribution < -0.4 is 15.0 Å². The zero-order chi connectivity index (χ0) is 21.1. The third kappa shape index (κ3) is 3.92. The molecule has 0 fully saturated rings. The van der Waals surface area contributed by atoms with Crippen molar-refractivity contribution in [2.24, 2.45) is 0 Å². The molecule has 4 rings (SSSR count). The third-order valence-electron chi connectivity index (χ3n) is 5.59. The number of aromatic carboxylic acids is 1. The number of rotatable bonds is 8. The van der Waals surface area contributed by atoms with E-state index in [1.165, 1.54) is 31.4 Å². The van der Waals surface area contributed by atoms with Gasteiger partial charge in [-0.25, -0.2) is 4.79 Å². The molecule has 5 nitrogen and oxygen atoms in total. The monoisotopic (exact) mass is 404 g/mol. The molecule has 1 heterocycles. The molecule has 0 atom stereocenters. The second-order valence-corrected chi connectivity index (χ2v) is 7.78. The molecule has 0 saturated heterocycles. The van der Waals surface area contributed by atoms with Gasteiger partial charge in [-0.1, -0.05) is 38.8 Å². The summed E-state index contributed by atoms with van der Waals surface area (Å²) >= 11 is 0. The lowest BCUT2D eigenvalue weighted by Gasteiger charge is -2.26. The maximum Gasteiger partial charge on any atom is 0.337 e. The summed E-state index contributed by atoms with van der Waals surface area (Å²) in [5, 5.41) is 14.9. The number of carboxylic acid groups (broad SMARTS) is 1. The Morgan fingerprint density at radius 2 is 1.73 bits per heavy atom. The van der Waals surface area contributed by atoms with Gasteiger partial charge in [0, 0.05) is 18.8 Å². The van der Waals surface area contributed by atoms with Crippen molar-refractivity contribution in [1.82, 2.24) is 0 Å². The molecule has 1 aliphatic heterocycles. The molecule has 30 heavy (non-hydrogen) atoms. The third-order valence-corrected chi connectivity index (χ3v) is 5.59. The summed E-state index contributed by atoms with van der Waals surface area (Å²) in [6, 6.07) is 15.7. The number of carboxylic acids is 1. The van der Waals surface area contributed by atoms with Crippen LogP contribution in [0.4, 0.5) is 17.1 Å². The number of nitrogens with zero attached hydrogens (tertiary/aromatic N) is 1. The molecule has 0 amide bonds. The highest BCUT2D eigenvalue weighted by molar-refractivity contribution is 6.00. The number of anilines is 3. The van der Waals surface area contributed by atoms with E-state index in [-0.39, 0.29) is 5.56 Å². The number of hydrogen-bond donors (Lipinski definition) is 2. The molecule has 0 aromatic heterocycles. The van der Waals surface area contributed by atoms with Gasteiger partial charge in [0.1, 0.15) is 0 Å². The molecule has 3 aromatic carbocycles. The summed E-state index contributed by atoms with van der Waals surface area (Å²) in [7, 11) is 0. The minimum Gasteiger partial charge on any atom is -0.478 e. The predicted molar refractivity (Wildman–Crippen MR) is 123 cm³/mol. The van der Waals surface area contributed by atoms with Crippen molar-refractivity contribution in [3.63, 3.8) is 0 Å². The van der Waals surface area contributed by atoms with Crippen LogP contribution in [-0.4, -0.2) is 24.2 Å². The SMILES string of the molecule is CCCCN(CCCC)c1ccc2cc3c(cc2c1)Oc1cccc(C(=O)O)c1N3. The van der Waals surface area contributed by atoms with Crippen LogP contribution in [0.3, 0.4) is 0 Å². The maximum absolute atomic E-state index is 11.5. The predicted octanol–water partition coefficient (Wildman–Crippen LogP) is 6.79. The van der Waals surface area contributed by atoms with E-state index in [1.807, 2.05) is 12.1 Å². The van der Waals surface area contributed by atoms with Gasteiger partial charge in [-0.05, 0) is 60.0 Å². The van der Waals surface area contributed by atoms with Crippen LogP contribution >= 0.6 is 0 Å². The Morgan fingerprint density at radius 3 is 2.43 bits per heavy atom. The quantitative estimate of drug-likeness (QED) is 0.338. The van der Waals surface area contributed by atoms with Gasteiger partial charge in [0.05, 0.1) is 16.9 Å². The Morgan fingerprint density at radius 1 is 0.967 bits per heavy atom. The van der Waals surface area contributed by atoms with Crippen molar-refractivity contribution < 1.29 is 14.6 Å². The molecular weight excluding hydrogens is 376 g/mol. The number of nitrogens with one attached hydrogen (secondary N) is 1. The molecule has 0 saturated carbocycles. The molecule has 0 bridgehead atoms. The first-order valence-electron chi connectivity index (χ1n) is 10.7. The van der Waals surface area contributed by atoms with Gasteiger partial charge in [0.25, 0.3) is 0 Å². The number of benzene rings is 3. The second-order valence-electron chi connectivity index (χ2n) is 7.78. The van der Waals surface area contributed by atoms with Crippen LogP contribution in [0, 0.1) is 0 Å². The topological polar surface area (TPSA) is 61.8 Å². The Kier molecular flexibility index (Phi) is 5.79. The molecular formula is C25H28N2O3. The standard InChI is InChI=1S/C25H28N2O3/c1-3-5-12-27(13-6-4-2)19-11-10-17-15-21-23(16-18(17)14-19)30-22-9-7-8-20(25(28)29)24(22)26-21/h7-11,14-16,26H,3-6,12-13H2,1-2H3,(H,28,29). The van der Waals surface area contributed by atoms with Crippen molar-refractivity contribution >= 4 is 33.8 Å². The van der Waals surface area contributed by atoms with E-state index in [9.17, 15) is 9.90 Å². The fourth-order valence-corrected chi connectivity index (χ4v) is 3.89. The molecule has 1 aliphatic rings. The highest BCUT2D eigenvalue weighted by Crippen LogP contribution is 2.45. The molecule has 0 unspecified atom stereocenters. The van der Waals surface area contributed by atoms with Crippen LogP contribution in [-0.2, 0) is 0 Å². The van der Waals surface area contributed by atoms with Crippen LogP contribution in [0.2, 0.25) is 0 Å². The molecule has 0 spiro atoms. The number of hydrogen-bond acceptors (Lipinski definition) is 4. The van der Waals surface area contributed by atoms with Crippen molar-refractivity contribution in [2.75, 3.05) is 23.3 Å². The fraction of sp³-hybridized carbons (Fsp3) is 0.320. The number of fused-ring (bicyclic) bond motifs is 3. The molecule has 156 valence electrons. The maximum atomic E-state index is 11.5. The summed E-state index contributed by atoms with van der Waals surface area (Å²) in [5.74, 6) is 0.268. The Bertz CT molecular complexity index is 1070. The van der Waals surface area contributed by atoms with Crippen LogP contribution in [0.25, 0.3) is 10.8 Å².